The summed E-state index contributed by atoms with van der Waals surface area (Å²) in [6, 6.07) is 15.9. The van der Waals surface area contributed by atoms with Crippen molar-refractivity contribution >= 4 is 22.9 Å². The summed E-state index contributed by atoms with van der Waals surface area (Å²) >= 11 is 0. The van der Waals surface area contributed by atoms with Gasteiger partial charge in [0.15, 0.2) is 5.54 Å². The van der Waals surface area contributed by atoms with Gasteiger partial charge in [0.25, 0.3) is 5.91 Å². The maximum atomic E-state index is 13.4. The number of hydrogen-bond donors (Lipinski definition) is 2. The first-order chi connectivity index (χ1) is 14.0. The number of amides is 1. The molecule has 0 radical (unpaired) electrons. The van der Waals surface area contributed by atoms with Crippen molar-refractivity contribution in [2.45, 2.75) is 31.9 Å². The summed E-state index contributed by atoms with van der Waals surface area (Å²) < 4.78 is 0. The lowest BCUT2D eigenvalue weighted by molar-refractivity contribution is -0.133. The summed E-state index contributed by atoms with van der Waals surface area (Å²) in [6.07, 6.45) is 0.304. The molecule has 1 fully saturated rings. The molecule has 1 amide bonds. The lowest BCUT2D eigenvalue weighted by atomic mass is 9.79. The van der Waals surface area contributed by atoms with Gasteiger partial charge in [-0.15, -0.1) is 0 Å². The van der Waals surface area contributed by atoms with Gasteiger partial charge in [0, 0.05) is 36.3 Å². The van der Waals surface area contributed by atoms with Gasteiger partial charge >= 0.3 is 0 Å². The number of allylic oxidation sites excluding steroid dienone is 2. The quantitative estimate of drug-likeness (QED) is 0.846. The van der Waals surface area contributed by atoms with Gasteiger partial charge in [-0.3, -0.25) is 9.69 Å². The van der Waals surface area contributed by atoms with Crippen molar-refractivity contribution in [3.8, 4) is 0 Å². The third kappa shape index (κ3) is 2.63. The molecule has 1 atom stereocenters. The Morgan fingerprint density at radius 3 is 2.66 bits per heavy atom. The Morgan fingerprint density at radius 1 is 1.17 bits per heavy atom. The molecular formula is C23H23N3O3. The van der Waals surface area contributed by atoms with E-state index < -0.39 is 11.6 Å². The van der Waals surface area contributed by atoms with Gasteiger partial charge in [0.05, 0.1) is 11.8 Å². The number of aliphatic hydroxyl groups excluding tert-OH is 1. The highest BCUT2D eigenvalue weighted by Crippen LogP contribution is 2.48. The summed E-state index contributed by atoms with van der Waals surface area (Å²) in [5.74, 6) is 0.698. The van der Waals surface area contributed by atoms with E-state index in [9.17, 15) is 9.90 Å². The number of fused-ring (bicyclic) bond motifs is 1. The summed E-state index contributed by atoms with van der Waals surface area (Å²) in [5, 5.41) is 17.1. The maximum Gasteiger partial charge on any atom is 0.254 e. The van der Waals surface area contributed by atoms with E-state index in [1.54, 1.807) is 0 Å². The van der Waals surface area contributed by atoms with Crippen molar-refractivity contribution in [2.75, 3.05) is 18.4 Å². The zero-order chi connectivity index (χ0) is 20.2. The second-order valence-corrected chi connectivity index (χ2v) is 7.98. The summed E-state index contributed by atoms with van der Waals surface area (Å²) in [6.45, 7) is 4.78. The van der Waals surface area contributed by atoms with E-state index in [1.165, 1.54) is 0 Å². The predicted octanol–water partition coefficient (Wildman–Crippen LogP) is 3.09. The molecule has 5 rings (SSSR count). The third-order valence-electron chi connectivity index (χ3n) is 6.06. The molecule has 29 heavy (non-hydrogen) atoms. The molecule has 6 heteroatoms. The van der Waals surface area contributed by atoms with Crippen LogP contribution in [0.2, 0.25) is 0 Å². The Bertz CT molecular complexity index is 1050. The van der Waals surface area contributed by atoms with Crippen molar-refractivity contribution in [1.29, 1.82) is 0 Å². The Hall–Kier alpha value is -2.96. The van der Waals surface area contributed by atoms with E-state index in [2.05, 4.69) is 21.4 Å². The zero-order valence-corrected chi connectivity index (χ0v) is 16.5. The molecule has 0 aromatic heterocycles. The molecule has 3 heterocycles. The van der Waals surface area contributed by atoms with Crippen LogP contribution in [-0.2, 0) is 15.2 Å². The number of anilines is 1. The standard InChI is InChI=1S/C23H23N3O3/c1-14-10-19(15(2)29-25-14)16-8-9-21-20(11-16)23(22(28)24-21,26-12-18(27)13-26)17-6-4-3-5-7-17/h3-9,11,18,27H,10,12-13H2,1-2H3,(H,24,28)/t23-/m0/s1. The third-order valence-corrected chi connectivity index (χ3v) is 6.06. The smallest absolute Gasteiger partial charge is 0.254 e. The largest absolute Gasteiger partial charge is 0.390 e. The molecule has 2 aromatic rings. The number of nitrogens with zero attached hydrogens (tertiary/aromatic N) is 2. The lowest BCUT2D eigenvalue weighted by Crippen LogP contribution is -2.63. The molecular weight excluding hydrogens is 366 g/mol. The SMILES string of the molecule is CC1=NOC(C)=C(c2ccc3c(c2)[C@](c2ccccc2)(N2CC(O)C2)C(=O)N3)C1. The number of likely N-dealkylation sites (tertiary alicyclic amines) is 1. The molecule has 0 bridgehead atoms. The number of oxime groups is 1. The normalized spacial score (nSPS) is 24.5. The van der Waals surface area contributed by atoms with Crippen LogP contribution in [0.4, 0.5) is 5.69 Å². The van der Waals surface area contributed by atoms with Crippen LogP contribution in [0, 0.1) is 0 Å². The molecule has 6 nitrogen and oxygen atoms in total. The molecule has 2 N–H and O–H groups in total. The van der Waals surface area contributed by atoms with E-state index in [4.69, 9.17) is 4.84 Å². The van der Waals surface area contributed by atoms with Gasteiger partial charge in [0.1, 0.15) is 5.76 Å². The molecule has 148 valence electrons. The molecule has 0 saturated carbocycles. The van der Waals surface area contributed by atoms with E-state index in [-0.39, 0.29) is 5.91 Å². The Morgan fingerprint density at radius 2 is 1.93 bits per heavy atom. The van der Waals surface area contributed by atoms with Crippen molar-refractivity contribution in [1.82, 2.24) is 4.90 Å². The van der Waals surface area contributed by atoms with E-state index in [0.717, 1.165) is 39.4 Å². The van der Waals surface area contributed by atoms with Gasteiger partial charge in [-0.25, -0.2) is 0 Å². The number of hydrogen-bond acceptors (Lipinski definition) is 5. The second-order valence-electron chi connectivity index (χ2n) is 7.98. The van der Waals surface area contributed by atoms with E-state index >= 15 is 0 Å². The summed E-state index contributed by atoms with van der Waals surface area (Å²) in [7, 11) is 0. The lowest BCUT2D eigenvalue weighted by Gasteiger charge is -2.48. The number of rotatable bonds is 3. The van der Waals surface area contributed by atoms with Crippen LogP contribution >= 0.6 is 0 Å². The number of nitrogens with one attached hydrogen (secondary N) is 1. The second kappa shape index (κ2) is 6.54. The molecule has 0 spiro atoms. The van der Waals surface area contributed by atoms with Crippen molar-refractivity contribution in [3.05, 3.63) is 71.0 Å². The first-order valence-corrected chi connectivity index (χ1v) is 9.85. The summed E-state index contributed by atoms with van der Waals surface area (Å²) in [5.41, 5.74) is 4.70. The highest BCUT2D eigenvalue weighted by molar-refractivity contribution is 6.09. The fourth-order valence-corrected chi connectivity index (χ4v) is 4.59. The van der Waals surface area contributed by atoms with Crippen molar-refractivity contribution in [3.63, 3.8) is 0 Å². The van der Waals surface area contributed by atoms with Crippen LogP contribution in [0.15, 0.2) is 59.4 Å². The number of benzene rings is 2. The minimum Gasteiger partial charge on any atom is -0.390 e. The monoisotopic (exact) mass is 389 g/mol. The van der Waals surface area contributed by atoms with Gasteiger partial charge in [-0.2, -0.15) is 0 Å². The average molecular weight is 389 g/mol. The molecule has 1 saturated heterocycles. The van der Waals surface area contributed by atoms with Gasteiger partial charge in [-0.1, -0.05) is 41.6 Å². The van der Waals surface area contributed by atoms with Gasteiger partial charge in [0.2, 0.25) is 0 Å². The fourth-order valence-electron chi connectivity index (χ4n) is 4.59. The number of carbonyl (C=O) groups is 1. The van der Waals surface area contributed by atoms with Crippen molar-refractivity contribution < 1.29 is 14.7 Å². The predicted molar refractivity (Wildman–Crippen MR) is 111 cm³/mol. The first-order valence-electron chi connectivity index (χ1n) is 9.85. The minimum atomic E-state index is -0.945. The fraction of sp³-hybridized carbons (Fsp3) is 0.304. The Labute approximate surface area is 169 Å². The first kappa shape index (κ1) is 18.1. The Kier molecular flexibility index (Phi) is 4.08. The Balaban J connectivity index is 1.69. The minimum absolute atomic E-state index is 0.0777. The van der Waals surface area contributed by atoms with Crippen LogP contribution in [-0.4, -0.2) is 40.8 Å². The van der Waals surface area contributed by atoms with Crippen LogP contribution in [0.25, 0.3) is 5.57 Å². The van der Waals surface area contributed by atoms with E-state index in [1.807, 2.05) is 56.3 Å². The maximum absolute atomic E-state index is 13.4. The van der Waals surface area contributed by atoms with Crippen LogP contribution < -0.4 is 5.32 Å². The van der Waals surface area contributed by atoms with Gasteiger partial charge < -0.3 is 15.3 Å². The van der Waals surface area contributed by atoms with Crippen molar-refractivity contribution in [2.24, 2.45) is 5.16 Å². The summed E-state index contributed by atoms with van der Waals surface area (Å²) in [4.78, 5) is 20.9. The highest BCUT2D eigenvalue weighted by Gasteiger charge is 2.55. The number of carbonyl (C=O) groups excluding carboxylic acids is 1. The average Bonchev–Trinajstić information content (AvgIpc) is 2.99. The molecule has 0 unspecified atom stereocenters. The van der Waals surface area contributed by atoms with Crippen LogP contribution in [0.5, 0.6) is 0 Å². The van der Waals surface area contributed by atoms with E-state index in [0.29, 0.717) is 19.5 Å². The molecule has 3 aliphatic heterocycles. The molecule has 0 aliphatic carbocycles. The highest BCUT2D eigenvalue weighted by atomic mass is 16.6. The van der Waals surface area contributed by atoms with Crippen LogP contribution in [0.3, 0.4) is 0 Å². The molecule has 2 aromatic carbocycles. The number of β-amino-alcohol motifs (C(OH)–C–C–N with tert-alkyl or cyclic N) is 1. The number of aliphatic hydroxyl groups is 1. The van der Waals surface area contributed by atoms with Gasteiger partial charge in [-0.05, 0) is 37.1 Å². The zero-order valence-electron chi connectivity index (χ0n) is 16.5. The molecule has 3 aliphatic rings. The topological polar surface area (TPSA) is 74.2 Å². The van der Waals surface area contributed by atoms with Crippen LogP contribution in [0.1, 0.15) is 37.0 Å².